The molecule has 1 aromatic carbocycles. The quantitative estimate of drug-likeness (QED) is 0.371. The van der Waals surface area contributed by atoms with Gasteiger partial charge < -0.3 is 0 Å². The summed E-state index contributed by atoms with van der Waals surface area (Å²) in [5.74, 6) is 0. The lowest BCUT2D eigenvalue weighted by molar-refractivity contribution is -0.384. The van der Waals surface area contributed by atoms with E-state index < -0.39 is 4.92 Å². The molecule has 144 valence electrons. The Morgan fingerprint density at radius 2 is 1.79 bits per heavy atom. The van der Waals surface area contributed by atoms with Gasteiger partial charge in [-0.3, -0.25) is 24.5 Å². The SMILES string of the molecule is O=c1c(CCCc2ccncc2)cc2cccnc2n1-c1cccc([N+](=O)[O-])c1. The van der Waals surface area contributed by atoms with Crippen LogP contribution in [0.15, 0.2) is 78.0 Å². The van der Waals surface area contributed by atoms with E-state index in [2.05, 4.69) is 9.97 Å². The molecular formula is C22H18N4O3. The van der Waals surface area contributed by atoms with Crippen molar-refractivity contribution >= 4 is 16.7 Å². The van der Waals surface area contributed by atoms with Gasteiger partial charge in [0.15, 0.2) is 0 Å². The Balaban J connectivity index is 1.75. The maximum Gasteiger partial charge on any atom is 0.271 e. The minimum Gasteiger partial charge on any atom is -0.269 e. The van der Waals surface area contributed by atoms with Gasteiger partial charge in [0.2, 0.25) is 0 Å². The van der Waals surface area contributed by atoms with Crippen molar-refractivity contribution in [3.63, 3.8) is 0 Å². The number of nitro groups is 1. The molecule has 0 aliphatic carbocycles. The summed E-state index contributed by atoms with van der Waals surface area (Å²) in [5, 5.41) is 12.0. The molecule has 0 spiro atoms. The molecule has 0 saturated heterocycles. The average molecular weight is 386 g/mol. The van der Waals surface area contributed by atoms with Crippen LogP contribution in [0.25, 0.3) is 16.7 Å². The van der Waals surface area contributed by atoms with Crippen molar-refractivity contribution < 1.29 is 4.92 Å². The van der Waals surface area contributed by atoms with Crippen molar-refractivity contribution in [3.05, 3.63) is 105 Å². The highest BCUT2D eigenvalue weighted by atomic mass is 16.6. The second-order valence-corrected chi connectivity index (χ2v) is 6.71. The van der Waals surface area contributed by atoms with Gasteiger partial charge in [0.05, 0.1) is 10.6 Å². The van der Waals surface area contributed by atoms with Crippen LogP contribution in [0, 0.1) is 10.1 Å². The van der Waals surface area contributed by atoms with Crippen molar-refractivity contribution in [2.24, 2.45) is 0 Å². The molecule has 29 heavy (non-hydrogen) atoms. The first-order chi connectivity index (χ1) is 14.1. The maximum atomic E-state index is 13.2. The highest BCUT2D eigenvalue weighted by Gasteiger charge is 2.14. The molecule has 0 N–H and O–H groups in total. The van der Waals surface area contributed by atoms with E-state index in [0.717, 1.165) is 18.2 Å². The molecule has 7 heteroatoms. The fourth-order valence-electron chi connectivity index (χ4n) is 3.39. The van der Waals surface area contributed by atoms with Gasteiger partial charge >= 0.3 is 0 Å². The van der Waals surface area contributed by atoms with E-state index in [1.54, 1.807) is 30.7 Å². The van der Waals surface area contributed by atoms with Crippen LogP contribution in [-0.4, -0.2) is 19.5 Å². The zero-order valence-electron chi connectivity index (χ0n) is 15.6. The molecule has 0 atom stereocenters. The molecule has 0 aliphatic heterocycles. The second kappa shape index (κ2) is 8.02. The van der Waals surface area contributed by atoms with Crippen LogP contribution in [-0.2, 0) is 12.8 Å². The number of nitro benzene ring substituents is 1. The van der Waals surface area contributed by atoms with E-state index in [4.69, 9.17) is 0 Å². The van der Waals surface area contributed by atoms with Gasteiger partial charge in [-0.05, 0) is 61.2 Å². The molecule has 4 rings (SSSR count). The average Bonchev–Trinajstić information content (AvgIpc) is 2.75. The molecule has 0 saturated carbocycles. The Labute approximate surface area is 166 Å². The molecule has 0 fully saturated rings. The van der Waals surface area contributed by atoms with Gasteiger partial charge in [-0.2, -0.15) is 0 Å². The predicted octanol–water partition coefficient (Wildman–Crippen LogP) is 3.86. The molecule has 0 bridgehead atoms. The van der Waals surface area contributed by atoms with Crippen LogP contribution in [0.5, 0.6) is 0 Å². The molecule has 0 amide bonds. The first kappa shape index (κ1) is 18.5. The van der Waals surface area contributed by atoms with Gasteiger partial charge in [-0.1, -0.05) is 6.07 Å². The second-order valence-electron chi connectivity index (χ2n) is 6.71. The predicted molar refractivity (Wildman–Crippen MR) is 110 cm³/mol. The number of nitrogens with zero attached hydrogens (tertiary/aromatic N) is 4. The number of hydrogen-bond donors (Lipinski definition) is 0. The minimum absolute atomic E-state index is 0.0680. The molecule has 3 heterocycles. The van der Waals surface area contributed by atoms with Gasteiger partial charge in [-0.15, -0.1) is 0 Å². The monoisotopic (exact) mass is 386 g/mol. The van der Waals surface area contributed by atoms with Gasteiger partial charge in [-0.25, -0.2) is 4.98 Å². The molecule has 0 aliphatic rings. The topological polar surface area (TPSA) is 90.9 Å². The van der Waals surface area contributed by atoms with E-state index in [0.29, 0.717) is 23.3 Å². The molecular weight excluding hydrogens is 368 g/mol. The summed E-state index contributed by atoms with van der Waals surface area (Å²) < 4.78 is 1.46. The molecule has 0 radical (unpaired) electrons. The normalized spacial score (nSPS) is 10.9. The summed E-state index contributed by atoms with van der Waals surface area (Å²) in [6.45, 7) is 0. The highest BCUT2D eigenvalue weighted by molar-refractivity contribution is 5.77. The summed E-state index contributed by atoms with van der Waals surface area (Å²) in [4.78, 5) is 32.3. The smallest absolute Gasteiger partial charge is 0.269 e. The van der Waals surface area contributed by atoms with Crippen LogP contribution < -0.4 is 5.56 Å². The van der Waals surface area contributed by atoms with E-state index in [9.17, 15) is 14.9 Å². The number of rotatable bonds is 6. The fraction of sp³-hybridized carbons (Fsp3) is 0.136. The summed E-state index contributed by atoms with van der Waals surface area (Å²) in [6, 6.07) is 15.6. The number of hydrogen-bond acceptors (Lipinski definition) is 5. The van der Waals surface area contributed by atoms with Crippen LogP contribution in [0.4, 0.5) is 5.69 Å². The summed E-state index contributed by atoms with van der Waals surface area (Å²) in [7, 11) is 0. The van der Waals surface area contributed by atoms with Gasteiger partial charge in [0.1, 0.15) is 5.65 Å². The lowest BCUT2D eigenvalue weighted by Crippen LogP contribution is -2.23. The van der Waals surface area contributed by atoms with Crippen LogP contribution in [0.3, 0.4) is 0 Å². The largest absolute Gasteiger partial charge is 0.271 e. The molecule has 3 aromatic heterocycles. The van der Waals surface area contributed by atoms with E-state index in [-0.39, 0.29) is 11.2 Å². The fourth-order valence-corrected chi connectivity index (χ4v) is 3.39. The zero-order chi connectivity index (χ0) is 20.2. The molecule has 7 nitrogen and oxygen atoms in total. The van der Waals surface area contributed by atoms with Gasteiger partial charge in [0, 0.05) is 41.7 Å². The Bertz CT molecular complexity index is 1240. The standard InChI is InChI=1S/C22H18N4O3/c27-22-18(5-1-4-16-9-12-23-13-10-16)14-17-6-3-11-24-21(17)25(22)19-7-2-8-20(15-19)26(28)29/h2-3,6-15H,1,4-5H2. The molecule has 4 aromatic rings. The zero-order valence-corrected chi connectivity index (χ0v) is 15.6. The third-order valence-electron chi connectivity index (χ3n) is 4.80. The number of benzene rings is 1. The van der Waals surface area contributed by atoms with Crippen molar-refractivity contribution in [2.75, 3.05) is 0 Å². The lowest BCUT2D eigenvalue weighted by atomic mass is 10.0. The van der Waals surface area contributed by atoms with Crippen LogP contribution in [0.1, 0.15) is 17.5 Å². The lowest BCUT2D eigenvalue weighted by Gasteiger charge is -2.12. The number of aromatic nitrogens is 3. The molecule has 0 unspecified atom stereocenters. The first-order valence-electron chi connectivity index (χ1n) is 9.27. The van der Waals surface area contributed by atoms with Crippen molar-refractivity contribution in [3.8, 4) is 5.69 Å². The summed E-state index contributed by atoms with van der Waals surface area (Å²) >= 11 is 0. The van der Waals surface area contributed by atoms with Crippen LogP contribution in [0.2, 0.25) is 0 Å². The van der Waals surface area contributed by atoms with Crippen molar-refractivity contribution in [1.82, 2.24) is 14.5 Å². The third-order valence-corrected chi connectivity index (χ3v) is 4.80. The third kappa shape index (κ3) is 3.89. The minimum atomic E-state index is -0.470. The Morgan fingerprint density at radius 3 is 2.59 bits per heavy atom. The number of non-ortho nitro benzene ring substituents is 1. The van der Waals surface area contributed by atoms with Gasteiger partial charge in [0.25, 0.3) is 11.2 Å². The first-order valence-corrected chi connectivity index (χ1v) is 9.27. The Morgan fingerprint density at radius 1 is 0.966 bits per heavy atom. The van der Waals surface area contributed by atoms with E-state index >= 15 is 0 Å². The number of aryl methyl sites for hydroxylation is 2. The van der Waals surface area contributed by atoms with Crippen molar-refractivity contribution in [2.45, 2.75) is 19.3 Å². The van der Waals surface area contributed by atoms with Crippen LogP contribution >= 0.6 is 0 Å². The van der Waals surface area contributed by atoms with E-state index in [1.807, 2.05) is 30.3 Å². The maximum absolute atomic E-state index is 13.2. The summed E-state index contributed by atoms with van der Waals surface area (Å²) in [6.07, 6.45) is 7.36. The number of pyridine rings is 3. The summed E-state index contributed by atoms with van der Waals surface area (Å²) in [5.41, 5.74) is 2.47. The van der Waals surface area contributed by atoms with Crippen molar-refractivity contribution in [1.29, 1.82) is 0 Å². The Hall–Kier alpha value is -3.87. The number of fused-ring (bicyclic) bond motifs is 1. The highest BCUT2D eigenvalue weighted by Crippen LogP contribution is 2.20. The van der Waals surface area contributed by atoms with E-state index in [1.165, 1.54) is 22.3 Å². The Kier molecular flexibility index (Phi) is 5.11.